The average molecular weight is 362 g/mol. The Kier molecular flexibility index (Phi) is 5.35. The maximum atomic E-state index is 12.4. The number of halogens is 2. The van der Waals surface area contributed by atoms with E-state index in [2.05, 4.69) is 10.3 Å². The third kappa shape index (κ3) is 4.28. The topological polar surface area (TPSA) is 60.5 Å². The van der Waals surface area contributed by atoms with E-state index in [-0.39, 0.29) is 18.3 Å². The normalized spacial score (nSPS) is 15.5. The molecule has 0 saturated heterocycles. The molecule has 0 fully saturated rings. The van der Waals surface area contributed by atoms with Crippen molar-refractivity contribution in [2.45, 2.75) is 39.3 Å². The lowest BCUT2D eigenvalue weighted by atomic mass is 10.0. The van der Waals surface area contributed by atoms with Gasteiger partial charge < -0.3 is 14.8 Å². The molecule has 1 aromatic heterocycles. The fraction of sp³-hybridized carbons (Fsp3) is 0.368. The van der Waals surface area contributed by atoms with Gasteiger partial charge in [-0.05, 0) is 48.2 Å². The van der Waals surface area contributed by atoms with Gasteiger partial charge >= 0.3 is 0 Å². The van der Waals surface area contributed by atoms with Gasteiger partial charge in [-0.3, -0.25) is 4.79 Å². The van der Waals surface area contributed by atoms with Crippen LogP contribution >= 0.6 is 0 Å². The number of amides is 1. The van der Waals surface area contributed by atoms with Gasteiger partial charge in [-0.25, -0.2) is 13.8 Å². The molecule has 0 saturated carbocycles. The van der Waals surface area contributed by atoms with Crippen molar-refractivity contribution in [3.63, 3.8) is 0 Å². The lowest BCUT2D eigenvalue weighted by Crippen LogP contribution is -2.37. The minimum atomic E-state index is -2.56. The Bertz CT molecular complexity index is 780. The van der Waals surface area contributed by atoms with Crippen LogP contribution in [0, 0.1) is 13.8 Å². The van der Waals surface area contributed by atoms with Crippen LogP contribution in [0.15, 0.2) is 30.5 Å². The van der Waals surface area contributed by atoms with Crippen LogP contribution in [0.25, 0.3) is 0 Å². The third-order valence-corrected chi connectivity index (χ3v) is 4.27. The van der Waals surface area contributed by atoms with Gasteiger partial charge in [0.15, 0.2) is 12.7 Å². The van der Waals surface area contributed by atoms with E-state index in [0.717, 1.165) is 16.9 Å². The number of carbonyl (C=O) groups excluding carboxylic acids is 1. The second kappa shape index (κ2) is 7.68. The number of benzene rings is 1. The van der Waals surface area contributed by atoms with E-state index >= 15 is 0 Å². The standard InChI is InChI=1S/C19H20F2N2O3/c1-11-5-14-8-16(26-15(14)6-12(11)2)19(24)23-9-13-3-4-22-18(7-13)25-10-17(20)21/h3-7,16-17H,8-10H2,1-2H3,(H,23,24). The Labute approximate surface area is 150 Å². The monoisotopic (exact) mass is 362 g/mol. The van der Waals surface area contributed by atoms with Crippen molar-refractivity contribution in [3.05, 3.63) is 52.7 Å². The Morgan fingerprint density at radius 2 is 2.12 bits per heavy atom. The summed E-state index contributed by atoms with van der Waals surface area (Å²) in [5.74, 6) is 0.635. The Balaban J connectivity index is 1.56. The summed E-state index contributed by atoms with van der Waals surface area (Å²) in [6.45, 7) is 3.56. The molecule has 1 atom stereocenters. The summed E-state index contributed by atoms with van der Waals surface area (Å²) in [4.78, 5) is 16.2. The van der Waals surface area contributed by atoms with Crippen LogP contribution in [-0.4, -0.2) is 30.0 Å². The highest BCUT2D eigenvalue weighted by atomic mass is 19.3. The summed E-state index contributed by atoms with van der Waals surface area (Å²) in [7, 11) is 0. The summed E-state index contributed by atoms with van der Waals surface area (Å²) in [6, 6.07) is 7.22. The van der Waals surface area contributed by atoms with Crippen LogP contribution in [0.4, 0.5) is 8.78 Å². The number of rotatable bonds is 6. The fourth-order valence-corrected chi connectivity index (χ4v) is 2.75. The lowest BCUT2D eigenvalue weighted by Gasteiger charge is -2.12. The molecule has 26 heavy (non-hydrogen) atoms. The number of alkyl halides is 2. The Hall–Kier alpha value is -2.70. The second-order valence-corrected chi connectivity index (χ2v) is 6.28. The van der Waals surface area contributed by atoms with Gasteiger partial charge in [0.1, 0.15) is 5.75 Å². The Morgan fingerprint density at radius 3 is 2.88 bits per heavy atom. The SMILES string of the molecule is Cc1cc2c(cc1C)OC(C(=O)NCc1ccnc(OCC(F)F)c1)C2. The molecule has 0 aliphatic carbocycles. The van der Waals surface area contributed by atoms with Gasteiger partial charge in [0.25, 0.3) is 12.3 Å². The number of hydrogen-bond acceptors (Lipinski definition) is 4. The number of aromatic nitrogens is 1. The van der Waals surface area contributed by atoms with Crippen LogP contribution in [-0.2, 0) is 17.8 Å². The first kappa shape index (κ1) is 18.1. The molecule has 0 radical (unpaired) electrons. The summed E-state index contributed by atoms with van der Waals surface area (Å²) >= 11 is 0. The van der Waals surface area contributed by atoms with Crippen molar-refractivity contribution >= 4 is 5.91 Å². The first-order chi connectivity index (χ1) is 12.4. The molecule has 1 amide bonds. The minimum absolute atomic E-state index is 0.104. The van der Waals surface area contributed by atoms with Crippen LogP contribution in [0.1, 0.15) is 22.3 Å². The van der Waals surface area contributed by atoms with E-state index < -0.39 is 19.1 Å². The highest BCUT2D eigenvalue weighted by Gasteiger charge is 2.29. The summed E-state index contributed by atoms with van der Waals surface area (Å²) in [5.41, 5.74) is 4.03. The van der Waals surface area contributed by atoms with Crippen molar-refractivity contribution in [2.24, 2.45) is 0 Å². The molecule has 1 N–H and O–H groups in total. The van der Waals surface area contributed by atoms with E-state index in [0.29, 0.717) is 12.0 Å². The van der Waals surface area contributed by atoms with Crippen molar-refractivity contribution in [1.29, 1.82) is 0 Å². The first-order valence-corrected chi connectivity index (χ1v) is 8.32. The predicted octanol–water partition coefficient (Wildman–Crippen LogP) is 2.96. The van der Waals surface area contributed by atoms with Crippen molar-refractivity contribution in [3.8, 4) is 11.6 Å². The molecule has 1 unspecified atom stereocenters. The number of nitrogens with one attached hydrogen (secondary N) is 1. The van der Waals surface area contributed by atoms with Gasteiger partial charge in [0.05, 0.1) is 0 Å². The zero-order chi connectivity index (χ0) is 18.7. The van der Waals surface area contributed by atoms with Gasteiger partial charge in [-0.15, -0.1) is 0 Å². The average Bonchev–Trinajstić information content (AvgIpc) is 3.01. The zero-order valence-electron chi connectivity index (χ0n) is 14.6. The number of pyridine rings is 1. The second-order valence-electron chi connectivity index (χ2n) is 6.28. The molecular weight excluding hydrogens is 342 g/mol. The first-order valence-electron chi connectivity index (χ1n) is 8.32. The Morgan fingerprint density at radius 1 is 1.35 bits per heavy atom. The molecule has 2 heterocycles. The molecule has 7 heteroatoms. The zero-order valence-corrected chi connectivity index (χ0v) is 14.6. The largest absolute Gasteiger partial charge is 0.480 e. The van der Waals surface area contributed by atoms with Crippen LogP contribution in [0.3, 0.4) is 0 Å². The van der Waals surface area contributed by atoms with Gasteiger partial charge in [-0.1, -0.05) is 6.07 Å². The van der Waals surface area contributed by atoms with Gasteiger partial charge in [0.2, 0.25) is 5.88 Å². The van der Waals surface area contributed by atoms with E-state index in [1.54, 1.807) is 6.07 Å². The maximum Gasteiger partial charge on any atom is 0.272 e. The lowest BCUT2D eigenvalue weighted by molar-refractivity contribution is -0.127. The fourth-order valence-electron chi connectivity index (χ4n) is 2.75. The highest BCUT2D eigenvalue weighted by molar-refractivity contribution is 5.82. The highest BCUT2D eigenvalue weighted by Crippen LogP contribution is 2.31. The quantitative estimate of drug-likeness (QED) is 0.858. The number of hydrogen-bond donors (Lipinski definition) is 1. The molecule has 3 rings (SSSR count). The molecular formula is C19H20F2N2O3. The molecule has 0 bridgehead atoms. The molecule has 2 aromatic rings. The van der Waals surface area contributed by atoms with Crippen molar-refractivity contribution in [2.75, 3.05) is 6.61 Å². The molecule has 1 aromatic carbocycles. The predicted molar refractivity (Wildman–Crippen MR) is 91.6 cm³/mol. The maximum absolute atomic E-state index is 12.4. The van der Waals surface area contributed by atoms with Gasteiger partial charge in [-0.2, -0.15) is 0 Å². The van der Waals surface area contributed by atoms with E-state index in [1.165, 1.54) is 17.8 Å². The smallest absolute Gasteiger partial charge is 0.272 e. The van der Waals surface area contributed by atoms with E-state index in [1.807, 2.05) is 26.0 Å². The number of nitrogens with zero attached hydrogens (tertiary/aromatic N) is 1. The molecule has 0 spiro atoms. The van der Waals surface area contributed by atoms with Gasteiger partial charge in [0, 0.05) is 25.2 Å². The van der Waals surface area contributed by atoms with Crippen LogP contribution in [0.5, 0.6) is 11.6 Å². The molecule has 1 aliphatic heterocycles. The third-order valence-electron chi connectivity index (χ3n) is 4.27. The minimum Gasteiger partial charge on any atom is -0.480 e. The number of aryl methyl sites for hydroxylation is 2. The number of carbonyl (C=O) groups is 1. The van der Waals surface area contributed by atoms with Crippen molar-refractivity contribution < 1.29 is 23.0 Å². The summed E-state index contributed by atoms with van der Waals surface area (Å²) in [5, 5.41) is 2.80. The molecule has 138 valence electrons. The molecule has 1 aliphatic rings. The summed E-state index contributed by atoms with van der Waals surface area (Å²) < 4.78 is 35.0. The molecule has 5 nitrogen and oxygen atoms in total. The van der Waals surface area contributed by atoms with E-state index in [9.17, 15) is 13.6 Å². The summed E-state index contributed by atoms with van der Waals surface area (Å²) in [6.07, 6.45) is -1.15. The van der Waals surface area contributed by atoms with E-state index in [4.69, 9.17) is 9.47 Å². The number of ether oxygens (including phenoxy) is 2. The van der Waals surface area contributed by atoms with Crippen LogP contribution in [0.2, 0.25) is 0 Å². The van der Waals surface area contributed by atoms with Crippen molar-refractivity contribution in [1.82, 2.24) is 10.3 Å². The van der Waals surface area contributed by atoms with Crippen LogP contribution < -0.4 is 14.8 Å². The number of fused-ring (bicyclic) bond motifs is 1.